The Balaban J connectivity index is 1.56. The number of sulfonamides is 1. The molecule has 2 aromatic carbocycles. The Morgan fingerprint density at radius 1 is 1.21 bits per heavy atom. The Hall–Kier alpha value is -3.62. The van der Waals surface area contributed by atoms with Crippen LogP contribution in [0.25, 0.3) is 11.0 Å². The fourth-order valence-electron chi connectivity index (χ4n) is 4.68. The number of rotatable bonds is 9. The summed E-state index contributed by atoms with van der Waals surface area (Å²) in [7, 11) is -3.94. The van der Waals surface area contributed by atoms with Gasteiger partial charge in [0.25, 0.3) is 10.0 Å². The molecule has 0 aliphatic carbocycles. The van der Waals surface area contributed by atoms with Gasteiger partial charge in [-0.05, 0) is 42.4 Å². The topological polar surface area (TPSA) is 127 Å². The van der Waals surface area contributed by atoms with E-state index in [0.717, 1.165) is 0 Å². The van der Waals surface area contributed by atoms with Gasteiger partial charge < -0.3 is 23.2 Å². The van der Waals surface area contributed by atoms with Crippen molar-refractivity contribution in [2.24, 2.45) is 0 Å². The molecule has 5 rings (SSSR count). The summed E-state index contributed by atoms with van der Waals surface area (Å²) >= 11 is 0. The maximum Gasteiger partial charge on any atom is 0.270 e. The highest BCUT2D eigenvalue weighted by Gasteiger charge is 2.42. The first-order valence-electron chi connectivity index (χ1n) is 13.4. The van der Waals surface area contributed by atoms with Gasteiger partial charge in [0.2, 0.25) is 0 Å². The molecule has 1 N–H and O–H groups in total. The lowest BCUT2D eigenvalue weighted by Crippen LogP contribution is -2.42. The normalized spacial score (nSPS) is 15.8. The van der Waals surface area contributed by atoms with E-state index in [9.17, 15) is 8.42 Å². The van der Waals surface area contributed by atoms with E-state index in [4.69, 9.17) is 23.2 Å². The van der Waals surface area contributed by atoms with Crippen molar-refractivity contribution < 1.29 is 36.0 Å². The van der Waals surface area contributed by atoms with Gasteiger partial charge in [-0.1, -0.05) is 25.9 Å². The quantitative estimate of drug-likeness (QED) is 0.229. The lowest BCUT2D eigenvalue weighted by atomic mass is 10.0. The zero-order valence-electron chi connectivity index (χ0n) is 24.6. The molecule has 226 valence electrons. The predicted molar refractivity (Wildman–Crippen MR) is 157 cm³/mol. The van der Waals surface area contributed by atoms with Gasteiger partial charge in [0, 0.05) is 29.9 Å². The van der Waals surface area contributed by atoms with Crippen LogP contribution < -0.4 is 18.9 Å². The largest absolute Gasteiger partial charge is 0.495 e. The molecule has 42 heavy (non-hydrogen) atoms. The van der Waals surface area contributed by atoms with Crippen molar-refractivity contribution in [2.75, 3.05) is 25.5 Å². The molecule has 0 saturated carbocycles. The molecule has 14 heteroatoms. The number of methoxy groups -OCH3 is 2. The van der Waals surface area contributed by atoms with E-state index in [-0.39, 0.29) is 68.8 Å². The predicted octanol–water partition coefficient (Wildman–Crippen LogP) is 5.88. The molecular weight excluding hydrogens is 583 g/mol. The van der Waals surface area contributed by atoms with Gasteiger partial charge in [-0.15, -0.1) is 0 Å². The minimum Gasteiger partial charge on any atom is -0.495 e. The SMILES string of the molecule is COc1ccc2c(c1S(=O)(=O)Nc1noc3cc(Cn4cccn4)c(F)c(OC)c13)OCCC2O[Si](C)(C)C(C)(C)C. The van der Waals surface area contributed by atoms with E-state index in [2.05, 4.69) is 48.8 Å². The van der Waals surface area contributed by atoms with Crippen LogP contribution in [0, 0.1) is 5.82 Å². The number of nitrogens with one attached hydrogen (secondary N) is 1. The highest BCUT2D eigenvalue weighted by Crippen LogP contribution is 2.48. The zero-order valence-corrected chi connectivity index (χ0v) is 26.5. The smallest absolute Gasteiger partial charge is 0.270 e. The van der Waals surface area contributed by atoms with Crippen molar-refractivity contribution in [3.05, 3.63) is 53.6 Å². The van der Waals surface area contributed by atoms with E-state index in [0.29, 0.717) is 12.0 Å². The second kappa shape index (κ2) is 10.9. The van der Waals surface area contributed by atoms with E-state index < -0.39 is 24.2 Å². The fraction of sp³-hybridized carbons (Fsp3) is 0.429. The number of benzene rings is 2. The van der Waals surface area contributed by atoms with Crippen LogP contribution in [0.4, 0.5) is 10.2 Å². The van der Waals surface area contributed by atoms with Crippen molar-refractivity contribution in [1.29, 1.82) is 0 Å². The molecule has 1 aliphatic heterocycles. The van der Waals surface area contributed by atoms with Gasteiger partial charge in [-0.2, -0.15) is 5.10 Å². The summed E-state index contributed by atoms with van der Waals surface area (Å²) in [5.74, 6) is -0.926. The molecule has 1 atom stereocenters. The Morgan fingerprint density at radius 2 is 1.98 bits per heavy atom. The lowest BCUT2D eigenvalue weighted by molar-refractivity contribution is 0.119. The molecule has 0 spiro atoms. The number of hydrogen-bond donors (Lipinski definition) is 1. The first-order valence-corrected chi connectivity index (χ1v) is 17.8. The molecule has 1 aliphatic rings. The maximum absolute atomic E-state index is 15.6. The van der Waals surface area contributed by atoms with Crippen LogP contribution in [-0.2, 0) is 21.0 Å². The fourth-order valence-corrected chi connectivity index (χ4v) is 7.32. The standard InChI is InChI=1S/C28H35FN4O7SSi/c1-28(2,3)42(6,7)40-19-11-14-38-24-18(19)9-10-20(36-4)26(24)41(34,35)32-27-22-21(39-31-27)15-17(23(29)25(22)37-5)16-33-13-8-12-30-33/h8-10,12-13,15,19H,11,14,16H2,1-7H3,(H,31,32). The van der Waals surface area contributed by atoms with Gasteiger partial charge in [-0.3, -0.25) is 9.40 Å². The van der Waals surface area contributed by atoms with Gasteiger partial charge in [0.15, 0.2) is 36.2 Å². The number of anilines is 1. The zero-order chi connectivity index (χ0) is 30.4. The maximum atomic E-state index is 15.6. The summed E-state index contributed by atoms with van der Waals surface area (Å²) < 4.78 is 76.4. The van der Waals surface area contributed by atoms with Crippen molar-refractivity contribution in [3.63, 3.8) is 0 Å². The van der Waals surface area contributed by atoms with Crippen LogP contribution in [-0.4, -0.2) is 52.5 Å². The number of hydrogen-bond acceptors (Lipinski definition) is 9. The average Bonchev–Trinajstić information content (AvgIpc) is 3.57. The highest BCUT2D eigenvalue weighted by atomic mass is 32.2. The van der Waals surface area contributed by atoms with E-state index in [1.165, 1.54) is 25.0 Å². The molecule has 0 fully saturated rings. The van der Waals surface area contributed by atoms with Crippen LogP contribution in [0.1, 0.15) is 44.4 Å². The summed E-state index contributed by atoms with van der Waals surface area (Å²) in [6.45, 7) is 11.1. The first kappa shape index (κ1) is 29.9. The number of ether oxygens (including phenoxy) is 3. The molecule has 0 radical (unpaired) electrons. The summed E-state index contributed by atoms with van der Waals surface area (Å²) in [4.78, 5) is -0.211. The van der Waals surface area contributed by atoms with Crippen LogP contribution in [0.3, 0.4) is 0 Å². The minimum atomic E-state index is -4.40. The monoisotopic (exact) mass is 618 g/mol. The molecule has 2 aromatic heterocycles. The van der Waals surface area contributed by atoms with Crippen molar-refractivity contribution in [2.45, 2.75) is 62.9 Å². The van der Waals surface area contributed by atoms with Gasteiger partial charge in [-0.25, -0.2) is 12.8 Å². The summed E-state index contributed by atoms with van der Waals surface area (Å²) in [6.07, 6.45) is 3.49. The third-order valence-corrected chi connectivity index (χ3v) is 13.7. The van der Waals surface area contributed by atoms with Crippen molar-refractivity contribution >= 4 is 35.1 Å². The van der Waals surface area contributed by atoms with Crippen LogP contribution in [0.15, 0.2) is 46.1 Å². The minimum absolute atomic E-state index is 0.0339. The number of fused-ring (bicyclic) bond motifs is 2. The van der Waals surface area contributed by atoms with Crippen LogP contribution in [0.2, 0.25) is 18.1 Å². The first-order chi connectivity index (χ1) is 19.8. The van der Waals surface area contributed by atoms with Crippen molar-refractivity contribution in [1.82, 2.24) is 14.9 Å². The van der Waals surface area contributed by atoms with Gasteiger partial charge >= 0.3 is 0 Å². The molecule has 1 unspecified atom stereocenters. The Morgan fingerprint density at radius 3 is 2.62 bits per heavy atom. The van der Waals surface area contributed by atoms with E-state index in [1.54, 1.807) is 30.6 Å². The molecule has 0 saturated heterocycles. The van der Waals surface area contributed by atoms with Gasteiger partial charge in [0.05, 0.1) is 33.5 Å². The molecule has 0 bridgehead atoms. The number of halogens is 1. The number of nitrogens with zero attached hydrogens (tertiary/aromatic N) is 3. The van der Waals surface area contributed by atoms with Crippen LogP contribution >= 0.6 is 0 Å². The summed E-state index contributed by atoms with van der Waals surface area (Å²) in [6, 6.07) is 6.51. The second-order valence-corrected chi connectivity index (χ2v) is 18.0. The Kier molecular flexibility index (Phi) is 7.74. The summed E-state index contributed by atoms with van der Waals surface area (Å²) in [5.41, 5.74) is 0.979. The Labute approximate surface area is 245 Å². The Bertz CT molecular complexity index is 1720. The van der Waals surface area contributed by atoms with Gasteiger partial charge in [0.1, 0.15) is 16.9 Å². The molecule has 3 heterocycles. The van der Waals surface area contributed by atoms with E-state index in [1.807, 2.05) is 0 Å². The molecule has 0 amide bonds. The lowest BCUT2D eigenvalue weighted by Gasteiger charge is -2.41. The third-order valence-electron chi connectivity index (χ3n) is 7.87. The molecule has 11 nitrogen and oxygen atoms in total. The third kappa shape index (κ3) is 5.34. The second-order valence-electron chi connectivity index (χ2n) is 11.6. The average molecular weight is 619 g/mol. The summed E-state index contributed by atoms with van der Waals surface area (Å²) in [5, 5.41) is 8.01. The van der Waals surface area contributed by atoms with Crippen LogP contribution in [0.5, 0.6) is 17.2 Å². The number of aromatic nitrogens is 3. The molecule has 4 aromatic rings. The molecular formula is C28H35FN4O7SSi. The van der Waals surface area contributed by atoms with Crippen molar-refractivity contribution in [3.8, 4) is 17.2 Å². The highest BCUT2D eigenvalue weighted by molar-refractivity contribution is 7.93. The van der Waals surface area contributed by atoms with E-state index >= 15 is 4.39 Å².